The lowest BCUT2D eigenvalue weighted by molar-refractivity contribution is -0.140. The molecular weight excluding hydrogens is 263 g/mol. The van der Waals surface area contributed by atoms with Crippen molar-refractivity contribution in [2.75, 3.05) is 0 Å². The summed E-state index contributed by atoms with van der Waals surface area (Å²) in [6.45, 7) is 0. The molecule has 78 valence electrons. The zero-order valence-corrected chi connectivity index (χ0v) is 9.29. The molecule has 1 unspecified atom stereocenters. The van der Waals surface area contributed by atoms with Crippen LogP contribution in [0.25, 0.3) is 5.57 Å². The summed E-state index contributed by atoms with van der Waals surface area (Å²) >= 11 is 3.36. The van der Waals surface area contributed by atoms with Gasteiger partial charge in [0, 0.05) is 10.0 Å². The second-order valence-corrected chi connectivity index (χ2v) is 4.18. The zero-order valence-electron chi connectivity index (χ0n) is 7.71. The number of hydrogen-bond donors (Lipinski definition) is 1. The van der Waals surface area contributed by atoms with Gasteiger partial charge in [-0.15, -0.1) is 0 Å². The first-order valence-corrected chi connectivity index (χ1v) is 5.25. The second kappa shape index (κ2) is 3.77. The molecule has 0 radical (unpaired) electrons. The molecular formula is C11H8BrFO2. The molecule has 1 aliphatic carbocycles. The van der Waals surface area contributed by atoms with Crippen LogP contribution >= 0.6 is 15.9 Å². The number of benzene rings is 1. The standard InChI is InChI=1S/C11H8BrFO2/c12-9-3-1-2-6-7(9)4-5-8(6)10(13)11(14)15/h1-3,5,10H,4H2,(H,14,15). The lowest BCUT2D eigenvalue weighted by Gasteiger charge is -2.08. The summed E-state index contributed by atoms with van der Waals surface area (Å²) in [5.41, 5.74) is 1.91. The fourth-order valence-electron chi connectivity index (χ4n) is 1.73. The van der Waals surface area contributed by atoms with E-state index in [2.05, 4.69) is 15.9 Å². The molecule has 0 saturated carbocycles. The lowest BCUT2D eigenvalue weighted by atomic mass is 10.0. The molecule has 0 amide bonds. The molecule has 1 atom stereocenters. The monoisotopic (exact) mass is 270 g/mol. The van der Waals surface area contributed by atoms with Gasteiger partial charge in [0.05, 0.1) is 0 Å². The number of fused-ring (bicyclic) bond motifs is 1. The Balaban J connectivity index is 2.43. The van der Waals surface area contributed by atoms with Gasteiger partial charge in [0.25, 0.3) is 0 Å². The molecule has 15 heavy (non-hydrogen) atoms. The van der Waals surface area contributed by atoms with E-state index in [1.165, 1.54) is 0 Å². The fourth-order valence-corrected chi connectivity index (χ4v) is 2.26. The number of halogens is 2. The molecule has 1 aromatic carbocycles. The van der Waals surface area contributed by atoms with Crippen molar-refractivity contribution in [2.45, 2.75) is 12.6 Å². The Morgan fingerprint density at radius 1 is 1.53 bits per heavy atom. The van der Waals surface area contributed by atoms with E-state index in [0.29, 0.717) is 12.0 Å². The van der Waals surface area contributed by atoms with E-state index < -0.39 is 12.1 Å². The fraction of sp³-hybridized carbons (Fsp3) is 0.182. The Morgan fingerprint density at radius 3 is 2.93 bits per heavy atom. The van der Waals surface area contributed by atoms with Crippen LogP contribution in [0, 0.1) is 0 Å². The molecule has 1 aromatic rings. The van der Waals surface area contributed by atoms with Gasteiger partial charge in [-0.05, 0) is 23.6 Å². The average molecular weight is 271 g/mol. The maximum Gasteiger partial charge on any atom is 0.343 e. The molecule has 2 nitrogen and oxygen atoms in total. The number of rotatable bonds is 2. The molecule has 0 saturated heterocycles. The normalized spacial score (nSPS) is 15.7. The second-order valence-electron chi connectivity index (χ2n) is 3.33. The highest BCUT2D eigenvalue weighted by Crippen LogP contribution is 2.35. The summed E-state index contributed by atoms with van der Waals surface area (Å²) in [4.78, 5) is 10.6. The van der Waals surface area contributed by atoms with Crippen LogP contribution in [0.2, 0.25) is 0 Å². The van der Waals surface area contributed by atoms with E-state index in [1.54, 1.807) is 18.2 Å². The van der Waals surface area contributed by atoms with Crippen molar-refractivity contribution in [3.8, 4) is 0 Å². The number of carboxylic acids is 1. The third-order valence-corrected chi connectivity index (χ3v) is 3.19. The summed E-state index contributed by atoms with van der Waals surface area (Å²) in [6.07, 6.45) is 0.286. The first-order valence-electron chi connectivity index (χ1n) is 4.46. The third-order valence-electron chi connectivity index (χ3n) is 2.45. The number of allylic oxidation sites excluding steroid dienone is 1. The van der Waals surface area contributed by atoms with Crippen LogP contribution < -0.4 is 0 Å². The number of hydrogen-bond acceptors (Lipinski definition) is 1. The highest BCUT2D eigenvalue weighted by Gasteiger charge is 2.27. The molecule has 1 aliphatic rings. The van der Waals surface area contributed by atoms with Gasteiger partial charge in [-0.2, -0.15) is 0 Å². The molecule has 0 spiro atoms. The summed E-state index contributed by atoms with van der Waals surface area (Å²) in [5.74, 6) is -1.44. The van der Waals surface area contributed by atoms with Gasteiger partial charge in [-0.3, -0.25) is 0 Å². The quantitative estimate of drug-likeness (QED) is 0.898. The Bertz CT molecular complexity index is 454. The summed E-state index contributed by atoms with van der Waals surface area (Å²) in [5, 5.41) is 8.61. The molecule has 2 rings (SSSR count). The summed E-state index contributed by atoms with van der Waals surface area (Å²) < 4.78 is 14.3. The van der Waals surface area contributed by atoms with E-state index in [1.807, 2.05) is 6.07 Å². The van der Waals surface area contributed by atoms with E-state index in [-0.39, 0.29) is 5.57 Å². The maximum absolute atomic E-state index is 13.4. The molecule has 0 fully saturated rings. The van der Waals surface area contributed by atoms with Gasteiger partial charge in [0.15, 0.2) is 0 Å². The molecule has 0 heterocycles. The Hall–Kier alpha value is -1.16. The molecule has 0 bridgehead atoms. The van der Waals surface area contributed by atoms with Gasteiger partial charge in [0.1, 0.15) is 0 Å². The van der Waals surface area contributed by atoms with Crippen LogP contribution in [0.1, 0.15) is 11.1 Å². The van der Waals surface area contributed by atoms with Gasteiger partial charge < -0.3 is 5.11 Å². The Kier molecular flexibility index (Phi) is 2.61. The lowest BCUT2D eigenvalue weighted by Crippen LogP contribution is -2.15. The predicted molar refractivity (Wildman–Crippen MR) is 58.4 cm³/mol. The van der Waals surface area contributed by atoms with E-state index >= 15 is 0 Å². The molecule has 1 N–H and O–H groups in total. The van der Waals surface area contributed by atoms with E-state index in [4.69, 9.17) is 5.11 Å². The highest BCUT2D eigenvalue weighted by molar-refractivity contribution is 9.10. The van der Waals surface area contributed by atoms with Crippen molar-refractivity contribution < 1.29 is 14.3 Å². The topological polar surface area (TPSA) is 37.3 Å². The molecule has 0 aliphatic heterocycles. The minimum atomic E-state index is -1.93. The number of aliphatic carboxylic acids is 1. The van der Waals surface area contributed by atoms with Gasteiger partial charge in [0.2, 0.25) is 6.17 Å². The van der Waals surface area contributed by atoms with Crippen LogP contribution in [0.15, 0.2) is 28.7 Å². The van der Waals surface area contributed by atoms with Crippen molar-refractivity contribution in [2.24, 2.45) is 0 Å². The molecule has 4 heteroatoms. The van der Waals surface area contributed by atoms with Crippen molar-refractivity contribution in [3.63, 3.8) is 0 Å². The van der Waals surface area contributed by atoms with Crippen molar-refractivity contribution in [1.82, 2.24) is 0 Å². The van der Waals surface area contributed by atoms with Gasteiger partial charge in [-0.1, -0.05) is 34.1 Å². The summed E-state index contributed by atoms with van der Waals surface area (Å²) in [6, 6.07) is 5.38. The minimum Gasteiger partial charge on any atom is -0.479 e. The van der Waals surface area contributed by atoms with Gasteiger partial charge in [-0.25, -0.2) is 9.18 Å². The van der Waals surface area contributed by atoms with Crippen molar-refractivity contribution >= 4 is 27.5 Å². The minimum absolute atomic E-state index is 0.263. The van der Waals surface area contributed by atoms with E-state index in [0.717, 1.165) is 10.0 Å². The predicted octanol–water partition coefficient (Wildman–Crippen LogP) is 2.81. The third kappa shape index (κ3) is 1.69. The Morgan fingerprint density at radius 2 is 2.27 bits per heavy atom. The SMILES string of the molecule is O=C(O)C(F)C1=CCc2c(Br)cccc21. The first kappa shape index (κ1) is 10.4. The number of alkyl halides is 1. The molecule has 0 aromatic heterocycles. The highest BCUT2D eigenvalue weighted by atomic mass is 79.9. The van der Waals surface area contributed by atoms with Crippen molar-refractivity contribution in [1.29, 1.82) is 0 Å². The van der Waals surface area contributed by atoms with Crippen LogP contribution in [-0.2, 0) is 11.2 Å². The number of carbonyl (C=O) groups is 1. The number of carboxylic acid groups (broad SMARTS) is 1. The van der Waals surface area contributed by atoms with Crippen LogP contribution in [0.3, 0.4) is 0 Å². The maximum atomic E-state index is 13.4. The zero-order chi connectivity index (χ0) is 11.0. The average Bonchev–Trinajstić information content (AvgIpc) is 2.61. The smallest absolute Gasteiger partial charge is 0.343 e. The van der Waals surface area contributed by atoms with Crippen LogP contribution in [0.5, 0.6) is 0 Å². The summed E-state index contributed by atoms with van der Waals surface area (Å²) in [7, 11) is 0. The van der Waals surface area contributed by atoms with Crippen molar-refractivity contribution in [3.05, 3.63) is 39.9 Å². The first-order chi connectivity index (χ1) is 7.11. The van der Waals surface area contributed by atoms with E-state index in [9.17, 15) is 9.18 Å². The van der Waals surface area contributed by atoms with Gasteiger partial charge >= 0.3 is 5.97 Å². The van der Waals surface area contributed by atoms with Crippen LogP contribution in [-0.4, -0.2) is 17.2 Å². The van der Waals surface area contributed by atoms with Crippen LogP contribution in [0.4, 0.5) is 4.39 Å². The largest absolute Gasteiger partial charge is 0.479 e. The Labute approximate surface area is 94.5 Å².